The number of para-hydroxylation sites is 1. The average Bonchev–Trinajstić information content (AvgIpc) is 2.75. The summed E-state index contributed by atoms with van der Waals surface area (Å²) in [5, 5.41) is 11.0. The minimum absolute atomic E-state index is 0.271. The van der Waals surface area contributed by atoms with Crippen LogP contribution < -0.4 is 0 Å². The molecule has 0 aromatic heterocycles. The van der Waals surface area contributed by atoms with Crippen molar-refractivity contribution in [2.45, 2.75) is 32.8 Å². The SMILES string of the molecule is COCc1ccccc1N=Cc1cc(C)cc(C(C)(C)c2ccccc2)c1O.[Cl][Ti]([Cl])[Cl]. The van der Waals surface area contributed by atoms with Crippen molar-refractivity contribution in [2.75, 3.05) is 7.11 Å². The number of aliphatic imine (C=N–C) groups is 1. The number of rotatable bonds is 6. The predicted molar refractivity (Wildman–Crippen MR) is 133 cm³/mol. The van der Waals surface area contributed by atoms with E-state index in [1.165, 1.54) is 0 Å². The molecule has 169 valence electrons. The first-order valence-electron chi connectivity index (χ1n) is 10.0. The van der Waals surface area contributed by atoms with Crippen molar-refractivity contribution < 1.29 is 24.5 Å². The van der Waals surface area contributed by atoms with Gasteiger partial charge in [0, 0.05) is 35.4 Å². The van der Waals surface area contributed by atoms with Crippen molar-refractivity contribution >= 4 is 39.8 Å². The molecule has 0 saturated carbocycles. The number of aryl methyl sites for hydroxylation is 1. The Labute approximate surface area is 208 Å². The van der Waals surface area contributed by atoms with E-state index in [9.17, 15) is 5.11 Å². The number of benzene rings is 3. The molecule has 3 aromatic carbocycles. The van der Waals surface area contributed by atoms with Crippen molar-refractivity contribution in [3.8, 4) is 5.75 Å². The number of halogens is 3. The molecule has 3 aromatic rings. The van der Waals surface area contributed by atoms with Crippen LogP contribution in [0.1, 0.15) is 41.7 Å². The fourth-order valence-electron chi connectivity index (χ4n) is 3.45. The molecule has 0 unspecified atom stereocenters. The molecule has 0 aliphatic heterocycles. The molecule has 0 bridgehead atoms. The number of aromatic hydroxyl groups is 1. The van der Waals surface area contributed by atoms with E-state index in [4.69, 9.17) is 32.7 Å². The molecule has 7 heteroatoms. The molecule has 3 rings (SSSR count). The summed E-state index contributed by atoms with van der Waals surface area (Å²) in [5.41, 5.74) is 5.38. The van der Waals surface area contributed by atoms with Gasteiger partial charge in [-0.3, -0.25) is 4.99 Å². The molecule has 1 N–H and O–H groups in total. The zero-order chi connectivity index (χ0) is 23.7. The van der Waals surface area contributed by atoms with E-state index < -0.39 is 14.7 Å². The van der Waals surface area contributed by atoms with Crippen LogP contribution >= 0.6 is 27.9 Å². The van der Waals surface area contributed by atoms with E-state index in [1.54, 1.807) is 13.3 Å². The van der Waals surface area contributed by atoms with Crippen LogP contribution in [0.15, 0.2) is 71.7 Å². The van der Waals surface area contributed by atoms with Gasteiger partial charge >= 0.3 is 42.6 Å². The molecule has 0 spiro atoms. The summed E-state index contributed by atoms with van der Waals surface area (Å²) in [6.45, 7) is 6.80. The molecule has 32 heavy (non-hydrogen) atoms. The summed E-state index contributed by atoms with van der Waals surface area (Å²) in [6, 6.07) is 22.1. The fourth-order valence-corrected chi connectivity index (χ4v) is 3.45. The molecule has 0 aliphatic carbocycles. The number of nitrogens with zero attached hydrogens (tertiary/aromatic N) is 1. The van der Waals surface area contributed by atoms with E-state index in [0.717, 1.165) is 27.9 Å². The second-order valence-corrected chi connectivity index (χ2v) is 15.5. The van der Waals surface area contributed by atoms with Crippen molar-refractivity contribution in [1.82, 2.24) is 0 Å². The Morgan fingerprint density at radius 1 is 1.00 bits per heavy atom. The first-order chi connectivity index (χ1) is 15.2. The van der Waals surface area contributed by atoms with Crippen molar-refractivity contribution in [3.05, 3.63) is 94.5 Å². The summed E-state index contributed by atoms with van der Waals surface area (Å²) in [4.78, 5) is 4.63. The molecule has 0 radical (unpaired) electrons. The normalized spacial score (nSPS) is 11.2. The zero-order valence-corrected chi connectivity index (χ0v) is 22.4. The van der Waals surface area contributed by atoms with Gasteiger partial charge in [0.15, 0.2) is 0 Å². The van der Waals surface area contributed by atoms with Crippen LogP contribution in [0.5, 0.6) is 5.75 Å². The van der Waals surface area contributed by atoms with Gasteiger partial charge in [-0.05, 0) is 30.2 Å². The summed E-state index contributed by atoms with van der Waals surface area (Å²) >= 11 is -1.92. The van der Waals surface area contributed by atoms with Gasteiger partial charge in [-0.25, -0.2) is 0 Å². The maximum atomic E-state index is 11.0. The Hall–Kier alpha value is -1.33. The molecule has 0 aliphatic rings. The van der Waals surface area contributed by atoms with Gasteiger partial charge in [-0.1, -0.05) is 68.4 Å². The number of hydrogen-bond acceptors (Lipinski definition) is 3. The van der Waals surface area contributed by atoms with Crippen molar-refractivity contribution in [1.29, 1.82) is 0 Å². The number of hydrogen-bond donors (Lipinski definition) is 1. The monoisotopic (exact) mass is 526 g/mol. The third-order valence-corrected chi connectivity index (χ3v) is 5.09. The number of phenolic OH excluding ortho intramolecular Hbond substituents is 1. The van der Waals surface area contributed by atoms with E-state index in [2.05, 4.69) is 37.0 Å². The van der Waals surface area contributed by atoms with Gasteiger partial charge in [-0.15, -0.1) is 0 Å². The second kappa shape index (κ2) is 12.8. The van der Waals surface area contributed by atoms with Gasteiger partial charge < -0.3 is 9.84 Å². The standard InChI is InChI=1S/C25H27NO2.3ClH.Ti/c1-18-14-20(16-26-23-13-9-8-10-19(23)17-28-4)24(27)22(15-18)25(2,3)21-11-6-5-7-12-21;;;;/h5-16,27H,17H2,1-4H3;3*1H;/q;;;;+3/p-3. The van der Waals surface area contributed by atoms with E-state index in [-0.39, 0.29) is 11.2 Å². The van der Waals surface area contributed by atoms with Gasteiger partial charge in [0.2, 0.25) is 0 Å². The quantitative estimate of drug-likeness (QED) is 0.261. The topological polar surface area (TPSA) is 41.8 Å². The molecule has 3 nitrogen and oxygen atoms in total. The molecular weight excluding hydrogens is 501 g/mol. The third kappa shape index (κ3) is 7.62. The molecule has 0 atom stereocenters. The predicted octanol–water partition coefficient (Wildman–Crippen LogP) is 7.99. The van der Waals surface area contributed by atoms with Gasteiger partial charge in [0.1, 0.15) is 5.75 Å². The molecule has 0 saturated heterocycles. The minimum atomic E-state index is -1.92. The Morgan fingerprint density at radius 2 is 1.59 bits per heavy atom. The van der Waals surface area contributed by atoms with Crippen LogP contribution in [0.2, 0.25) is 0 Å². The Kier molecular flexibility index (Phi) is 10.8. The van der Waals surface area contributed by atoms with Crippen LogP contribution in [0, 0.1) is 6.92 Å². The third-order valence-electron chi connectivity index (χ3n) is 5.09. The Balaban J connectivity index is 0.000000837. The Bertz CT molecular complexity index is 1040. The van der Waals surface area contributed by atoms with Crippen LogP contribution in [-0.2, 0) is 31.4 Å². The molecule has 0 fully saturated rings. The fraction of sp³-hybridized carbons (Fsp3) is 0.240. The van der Waals surface area contributed by atoms with E-state index >= 15 is 0 Å². The zero-order valence-electron chi connectivity index (χ0n) is 18.6. The number of ether oxygens (including phenoxy) is 1. The van der Waals surface area contributed by atoms with Crippen molar-refractivity contribution in [2.24, 2.45) is 4.99 Å². The molecule has 0 amide bonds. The number of phenols is 1. The van der Waals surface area contributed by atoms with Crippen LogP contribution in [0.25, 0.3) is 0 Å². The second-order valence-electron chi connectivity index (χ2n) is 7.78. The van der Waals surface area contributed by atoms with Crippen LogP contribution in [0.4, 0.5) is 5.69 Å². The summed E-state index contributed by atoms with van der Waals surface area (Å²) in [5.74, 6) is 0.271. The maximum absolute atomic E-state index is 11.0. The first kappa shape index (κ1) is 26.9. The summed E-state index contributed by atoms with van der Waals surface area (Å²) in [7, 11) is 16.6. The summed E-state index contributed by atoms with van der Waals surface area (Å²) < 4.78 is 5.25. The van der Waals surface area contributed by atoms with E-state index in [1.807, 2.05) is 55.5 Å². The van der Waals surface area contributed by atoms with Crippen molar-refractivity contribution in [3.63, 3.8) is 0 Å². The molecule has 0 heterocycles. The number of methoxy groups -OCH3 is 1. The van der Waals surface area contributed by atoms with Gasteiger partial charge in [-0.2, -0.15) is 0 Å². The first-order valence-corrected chi connectivity index (χ1v) is 16.5. The Morgan fingerprint density at radius 3 is 2.22 bits per heavy atom. The van der Waals surface area contributed by atoms with Gasteiger partial charge in [0.05, 0.1) is 12.3 Å². The van der Waals surface area contributed by atoms with E-state index in [0.29, 0.717) is 12.2 Å². The van der Waals surface area contributed by atoms with Crippen LogP contribution in [0.3, 0.4) is 0 Å². The van der Waals surface area contributed by atoms with Crippen LogP contribution in [-0.4, -0.2) is 18.4 Å². The van der Waals surface area contributed by atoms with Gasteiger partial charge in [0.25, 0.3) is 0 Å². The summed E-state index contributed by atoms with van der Waals surface area (Å²) in [6.07, 6.45) is 1.74. The molecular formula is C25H27Cl3NO2Ti. The average molecular weight is 528 g/mol.